The number of anilines is 1. The topological polar surface area (TPSA) is 152 Å². The second-order valence-corrected chi connectivity index (χ2v) is 6.03. The molecule has 1 amide bonds. The van der Waals surface area contributed by atoms with Crippen molar-refractivity contribution in [2.75, 3.05) is 26.0 Å². The van der Waals surface area contributed by atoms with Gasteiger partial charge in [-0.2, -0.15) is 0 Å². The number of carbonyl (C=O) groups excluding carboxylic acids is 1. The number of amides is 1. The number of aliphatic hydroxyl groups is 2. The Hall–Kier alpha value is -2.34. The molecule has 136 valence electrons. The summed E-state index contributed by atoms with van der Waals surface area (Å²) in [5, 5.41) is 23.3. The molecule has 11 nitrogen and oxygen atoms in total. The summed E-state index contributed by atoms with van der Waals surface area (Å²) in [7, 11) is 1.76. The largest absolute Gasteiger partial charge is 0.387 e. The van der Waals surface area contributed by atoms with Gasteiger partial charge in [0.25, 0.3) is 0 Å². The van der Waals surface area contributed by atoms with Crippen LogP contribution in [0.25, 0.3) is 11.2 Å². The minimum atomic E-state index is -1.16. The first-order valence-electron chi connectivity index (χ1n) is 7.76. The van der Waals surface area contributed by atoms with E-state index >= 15 is 0 Å². The Labute approximate surface area is 143 Å². The van der Waals surface area contributed by atoms with Crippen molar-refractivity contribution in [3.8, 4) is 0 Å². The van der Waals surface area contributed by atoms with Crippen LogP contribution in [0.5, 0.6) is 0 Å². The van der Waals surface area contributed by atoms with Crippen LogP contribution >= 0.6 is 0 Å². The van der Waals surface area contributed by atoms with E-state index < -0.39 is 24.5 Å². The predicted octanol–water partition coefficient (Wildman–Crippen LogP) is -2.03. The number of aliphatic hydroxyl groups excluding tert-OH is 2. The molecule has 2 aromatic heterocycles. The average Bonchev–Trinajstić information content (AvgIpc) is 3.05. The number of hydrogen-bond donors (Lipinski definition) is 4. The van der Waals surface area contributed by atoms with Gasteiger partial charge in [-0.25, -0.2) is 15.0 Å². The third kappa shape index (κ3) is 3.14. The van der Waals surface area contributed by atoms with Gasteiger partial charge in [0.1, 0.15) is 30.5 Å². The van der Waals surface area contributed by atoms with E-state index in [2.05, 4.69) is 20.3 Å². The zero-order valence-electron chi connectivity index (χ0n) is 13.9. The number of rotatable bonds is 6. The second-order valence-electron chi connectivity index (χ2n) is 6.03. The smallest absolute Gasteiger partial charge is 0.208 e. The average molecular weight is 351 g/mol. The summed E-state index contributed by atoms with van der Waals surface area (Å²) in [4.78, 5) is 24.5. The fourth-order valence-corrected chi connectivity index (χ4v) is 3.00. The lowest BCUT2D eigenvalue weighted by atomic mass is 10.1. The summed E-state index contributed by atoms with van der Waals surface area (Å²) in [5.74, 6) is 0.770. The molecule has 0 bridgehead atoms. The highest BCUT2D eigenvalue weighted by atomic mass is 16.6. The maximum atomic E-state index is 10.5. The van der Waals surface area contributed by atoms with Crippen LogP contribution in [0.1, 0.15) is 12.1 Å². The van der Waals surface area contributed by atoms with E-state index in [-0.39, 0.29) is 5.82 Å². The zero-order valence-corrected chi connectivity index (χ0v) is 13.9. The number of fused-ring (bicyclic) bond motifs is 1. The Morgan fingerprint density at radius 2 is 2.20 bits per heavy atom. The zero-order chi connectivity index (χ0) is 18.1. The quantitative estimate of drug-likeness (QED) is 0.341. The third-order valence-electron chi connectivity index (χ3n) is 4.21. The fourth-order valence-electron chi connectivity index (χ4n) is 3.00. The van der Waals surface area contributed by atoms with Crippen LogP contribution in [0.3, 0.4) is 0 Å². The van der Waals surface area contributed by atoms with Gasteiger partial charge in [-0.3, -0.25) is 14.3 Å². The molecule has 1 saturated heterocycles. The number of nitrogens with zero attached hydrogens (tertiary/aromatic N) is 5. The van der Waals surface area contributed by atoms with Crippen molar-refractivity contribution in [2.45, 2.75) is 31.5 Å². The number of nitrogen functional groups attached to an aromatic ring is 1. The molecule has 0 spiro atoms. The molecule has 3 heterocycles. The van der Waals surface area contributed by atoms with E-state index in [1.54, 1.807) is 23.4 Å². The maximum Gasteiger partial charge on any atom is 0.208 e. The second kappa shape index (κ2) is 6.88. The molecule has 2 unspecified atom stereocenters. The van der Waals surface area contributed by atoms with E-state index in [0.717, 1.165) is 0 Å². The van der Waals surface area contributed by atoms with Gasteiger partial charge in [0.15, 0.2) is 23.2 Å². The van der Waals surface area contributed by atoms with Crippen LogP contribution in [-0.2, 0) is 9.53 Å². The molecule has 2 aromatic rings. The van der Waals surface area contributed by atoms with Gasteiger partial charge < -0.3 is 26.0 Å². The predicted molar refractivity (Wildman–Crippen MR) is 87.1 cm³/mol. The number of likely N-dealkylation sites (N-methyl/N-ethyl adjacent to an activating group) is 1. The summed E-state index contributed by atoms with van der Waals surface area (Å²) in [5.41, 5.74) is 6.66. The molecule has 0 radical (unpaired) electrons. The first-order chi connectivity index (χ1) is 11.9. The van der Waals surface area contributed by atoms with Crippen molar-refractivity contribution in [1.29, 1.82) is 0 Å². The molecule has 1 aliphatic rings. The molecule has 0 aromatic carbocycles. The van der Waals surface area contributed by atoms with Crippen LogP contribution in [0.2, 0.25) is 0 Å². The van der Waals surface area contributed by atoms with E-state index in [1.807, 2.05) is 0 Å². The van der Waals surface area contributed by atoms with E-state index in [9.17, 15) is 15.0 Å². The number of nitrogens with one attached hydrogen (secondary N) is 1. The van der Waals surface area contributed by atoms with Crippen LogP contribution in [0, 0.1) is 6.92 Å². The summed E-state index contributed by atoms with van der Waals surface area (Å²) in [6, 6.07) is 0. The summed E-state index contributed by atoms with van der Waals surface area (Å²) < 4.78 is 7.48. The maximum absolute atomic E-state index is 10.5. The molecule has 11 heteroatoms. The van der Waals surface area contributed by atoms with Crippen LogP contribution < -0.4 is 11.1 Å². The third-order valence-corrected chi connectivity index (χ3v) is 4.21. The number of nitrogens with two attached hydrogens (primary N) is 1. The first-order valence-corrected chi connectivity index (χ1v) is 7.76. The van der Waals surface area contributed by atoms with Crippen LogP contribution in [0.15, 0.2) is 6.33 Å². The van der Waals surface area contributed by atoms with Crippen molar-refractivity contribution >= 4 is 23.4 Å². The number of carbonyl (C=O) groups is 1. The molecular weight excluding hydrogens is 330 g/mol. The Kier molecular flexibility index (Phi) is 4.81. The molecule has 0 saturated carbocycles. The van der Waals surface area contributed by atoms with Gasteiger partial charge in [0.2, 0.25) is 6.41 Å². The van der Waals surface area contributed by atoms with Crippen LogP contribution in [0.4, 0.5) is 5.82 Å². The van der Waals surface area contributed by atoms with Gasteiger partial charge in [0.05, 0.1) is 6.67 Å². The lowest BCUT2D eigenvalue weighted by Gasteiger charge is -2.22. The minimum Gasteiger partial charge on any atom is -0.387 e. The van der Waals surface area contributed by atoms with E-state index in [0.29, 0.717) is 36.6 Å². The Bertz CT molecular complexity index is 767. The van der Waals surface area contributed by atoms with E-state index in [4.69, 9.17) is 10.5 Å². The monoisotopic (exact) mass is 351 g/mol. The van der Waals surface area contributed by atoms with Gasteiger partial charge in [0, 0.05) is 6.54 Å². The number of aryl methyl sites for hydroxylation is 1. The van der Waals surface area contributed by atoms with Crippen molar-refractivity contribution in [2.24, 2.45) is 0 Å². The molecular formula is C14H21N7O4. The molecule has 3 rings (SSSR count). The Morgan fingerprint density at radius 1 is 1.44 bits per heavy atom. The lowest BCUT2D eigenvalue weighted by molar-refractivity contribution is -0.110. The van der Waals surface area contributed by atoms with Crippen LogP contribution in [-0.4, -0.2) is 79.6 Å². The van der Waals surface area contributed by atoms with Gasteiger partial charge in [-0.1, -0.05) is 0 Å². The SMILES string of the molecule is Cc1nc2c(N)ncnc2n1[C@@H]1O[C@H](CN(C)CNC=O)C(O)C1O. The number of imidazole rings is 1. The summed E-state index contributed by atoms with van der Waals surface area (Å²) in [6.07, 6.45) is -1.86. The highest BCUT2D eigenvalue weighted by Gasteiger charge is 2.45. The molecule has 25 heavy (non-hydrogen) atoms. The molecule has 0 aliphatic carbocycles. The first kappa shape index (κ1) is 17.5. The summed E-state index contributed by atoms with van der Waals surface area (Å²) >= 11 is 0. The molecule has 5 N–H and O–H groups in total. The van der Waals surface area contributed by atoms with Crippen molar-refractivity contribution in [3.05, 3.63) is 12.2 Å². The molecule has 1 fully saturated rings. The van der Waals surface area contributed by atoms with Gasteiger partial charge in [-0.05, 0) is 14.0 Å². The van der Waals surface area contributed by atoms with Crippen molar-refractivity contribution in [3.63, 3.8) is 0 Å². The molecule has 4 atom stereocenters. The standard InChI is InChI=1S/C14H21N7O4/c1-7-19-9-12(15)17-4-18-13(9)21(7)14-11(24)10(23)8(25-14)3-20(2)5-16-6-22/h4,6,8,10-11,14,23-24H,3,5H2,1-2H3,(H,16,22)(H2,15,17,18)/t8-,10?,11?,14-/m1/s1. The van der Waals surface area contributed by atoms with Gasteiger partial charge >= 0.3 is 0 Å². The normalized spacial score (nSPS) is 26.4. The minimum absolute atomic E-state index is 0.233. The summed E-state index contributed by atoms with van der Waals surface area (Å²) in [6.45, 7) is 2.35. The number of hydrogen-bond acceptors (Lipinski definition) is 9. The number of aromatic nitrogens is 4. The Balaban J connectivity index is 1.85. The lowest BCUT2D eigenvalue weighted by Crippen LogP contribution is -2.41. The molecule has 1 aliphatic heterocycles. The number of ether oxygens (including phenoxy) is 1. The highest BCUT2D eigenvalue weighted by Crippen LogP contribution is 2.33. The fraction of sp³-hybridized carbons (Fsp3) is 0.571. The Morgan fingerprint density at radius 3 is 2.92 bits per heavy atom. The highest BCUT2D eigenvalue weighted by molar-refractivity contribution is 5.81. The van der Waals surface area contributed by atoms with Crippen molar-refractivity contribution in [1.82, 2.24) is 29.7 Å². The van der Waals surface area contributed by atoms with E-state index in [1.165, 1.54) is 6.33 Å². The van der Waals surface area contributed by atoms with Gasteiger partial charge in [-0.15, -0.1) is 0 Å². The van der Waals surface area contributed by atoms with Crippen molar-refractivity contribution < 1.29 is 19.7 Å².